The molecule has 1 aliphatic carbocycles. The van der Waals surface area contributed by atoms with Crippen LogP contribution in [0.3, 0.4) is 0 Å². The zero-order valence-corrected chi connectivity index (χ0v) is 28.7. The van der Waals surface area contributed by atoms with Gasteiger partial charge in [-0.15, -0.1) is 0 Å². The largest absolute Gasteiger partial charge is 0.507 e. The van der Waals surface area contributed by atoms with Crippen molar-refractivity contribution in [2.45, 2.75) is 145 Å². The highest BCUT2D eigenvalue weighted by Gasteiger charge is 2.27. The highest BCUT2D eigenvalue weighted by atomic mass is 16.3. The van der Waals surface area contributed by atoms with Crippen molar-refractivity contribution in [3.63, 3.8) is 0 Å². The summed E-state index contributed by atoms with van der Waals surface area (Å²) in [6.07, 6.45) is 9.81. The molecule has 2 aromatic rings. The minimum Gasteiger partial charge on any atom is -0.507 e. The number of benzene rings is 2. The molecule has 42 heavy (non-hydrogen) atoms. The molecular formula is C38H58N2O2. The van der Waals surface area contributed by atoms with E-state index in [1.807, 2.05) is 12.4 Å². The van der Waals surface area contributed by atoms with Crippen molar-refractivity contribution in [1.29, 1.82) is 0 Å². The van der Waals surface area contributed by atoms with Crippen LogP contribution in [0.5, 0.6) is 11.5 Å². The molecule has 232 valence electrons. The van der Waals surface area contributed by atoms with E-state index in [9.17, 15) is 10.2 Å². The summed E-state index contributed by atoms with van der Waals surface area (Å²) in [7, 11) is 0. The minimum atomic E-state index is -0.173. The van der Waals surface area contributed by atoms with Crippen LogP contribution in [0.15, 0.2) is 34.3 Å². The highest BCUT2D eigenvalue weighted by Crippen LogP contribution is 2.37. The lowest BCUT2D eigenvalue weighted by Crippen LogP contribution is -2.27. The molecule has 0 heterocycles. The number of nitrogens with zero attached hydrogens (tertiary/aromatic N) is 2. The summed E-state index contributed by atoms with van der Waals surface area (Å²) < 4.78 is 0. The van der Waals surface area contributed by atoms with Crippen molar-refractivity contribution in [3.8, 4) is 11.5 Å². The predicted octanol–water partition coefficient (Wildman–Crippen LogP) is 9.72. The van der Waals surface area contributed by atoms with Gasteiger partial charge in [-0.2, -0.15) is 0 Å². The van der Waals surface area contributed by atoms with Gasteiger partial charge in [-0.25, -0.2) is 0 Å². The van der Waals surface area contributed by atoms with Gasteiger partial charge in [-0.1, -0.05) is 108 Å². The van der Waals surface area contributed by atoms with Crippen molar-refractivity contribution in [2.24, 2.45) is 20.8 Å². The Bertz CT molecular complexity index is 1190. The van der Waals surface area contributed by atoms with Crippen molar-refractivity contribution in [2.75, 3.05) is 0 Å². The number of phenolic OH excluding ortho intramolecular Hbond substituents is 2. The number of hydrogen-bond acceptors (Lipinski definition) is 4. The van der Waals surface area contributed by atoms with Crippen LogP contribution in [-0.4, -0.2) is 34.7 Å². The van der Waals surface area contributed by atoms with Gasteiger partial charge in [0, 0.05) is 34.7 Å². The summed E-state index contributed by atoms with van der Waals surface area (Å²) in [6, 6.07) is 8.62. The van der Waals surface area contributed by atoms with Crippen LogP contribution in [-0.2, 0) is 23.7 Å². The van der Waals surface area contributed by atoms with E-state index in [1.165, 1.54) is 11.1 Å². The van der Waals surface area contributed by atoms with Gasteiger partial charge in [0.15, 0.2) is 0 Å². The molecule has 0 amide bonds. The van der Waals surface area contributed by atoms with Gasteiger partial charge < -0.3 is 10.2 Å². The molecule has 2 aromatic carbocycles. The first-order valence-corrected chi connectivity index (χ1v) is 15.9. The van der Waals surface area contributed by atoms with Gasteiger partial charge in [-0.3, -0.25) is 9.98 Å². The Kier molecular flexibility index (Phi) is 10.1. The molecule has 1 saturated carbocycles. The van der Waals surface area contributed by atoms with Crippen molar-refractivity contribution < 1.29 is 10.2 Å². The van der Waals surface area contributed by atoms with Crippen molar-refractivity contribution in [3.05, 3.63) is 57.6 Å². The van der Waals surface area contributed by atoms with Gasteiger partial charge in [0.05, 0.1) is 12.1 Å². The fraction of sp³-hybridized carbons (Fsp3) is 0.632. The van der Waals surface area contributed by atoms with Crippen LogP contribution < -0.4 is 0 Å². The molecule has 0 aliphatic heterocycles. The average molecular weight is 575 g/mol. The standard InChI is InChI=1S/C38H58N2O2/c1-35(2,3)21-25-17-27(33(41)29(19-25)37(7,8)9)23-39-31-15-13-14-16-32(31)40-24-28-18-26(22-36(4,5)6)20-30(34(28)42)38(10,11)12/h17-20,23-24,31-32,41-42H,13-16,21-22H2,1-12H3. The molecule has 2 N–H and O–H groups in total. The predicted molar refractivity (Wildman–Crippen MR) is 181 cm³/mol. The summed E-state index contributed by atoms with van der Waals surface area (Å²) in [5, 5.41) is 22.5. The lowest BCUT2D eigenvalue weighted by Gasteiger charge is -2.27. The Morgan fingerprint density at radius 3 is 1.21 bits per heavy atom. The van der Waals surface area contributed by atoms with E-state index in [1.54, 1.807) is 0 Å². The Hall–Kier alpha value is -2.62. The molecule has 0 saturated heterocycles. The highest BCUT2D eigenvalue weighted by molar-refractivity contribution is 5.86. The first kappa shape index (κ1) is 33.9. The van der Waals surface area contributed by atoms with Crippen LogP contribution in [0.1, 0.15) is 142 Å². The first-order valence-electron chi connectivity index (χ1n) is 15.9. The summed E-state index contributed by atoms with van der Waals surface area (Å²) in [5.41, 5.74) is 5.90. The van der Waals surface area contributed by atoms with E-state index >= 15 is 0 Å². The topological polar surface area (TPSA) is 65.2 Å². The SMILES string of the molecule is CC(C)(C)Cc1cc(C=NC2CCCCC2N=Cc2cc(CC(C)(C)C)cc(C(C)(C)C)c2O)c(O)c(C(C)(C)C)c1. The van der Waals surface area contributed by atoms with Crippen LogP contribution in [0.2, 0.25) is 0 Å². The average Bonchev–Trinajstić information content (AvgIpc) is 2.81. The first-order chi connectivity index (χ1) is 19.1. The molecule has 0 spiro atoms. The number of hydrogen-bond donors (Lipinski definition) is 2. The zero-order valence-electron chi connectivity index (χ0n) is 28.7. The number of rotatable bonds is 6. The van der Waals surface area contributed by atoms with Gasteiger partial charge in [0.1, 0.15) is 11.5 Å². The Morgan fingerprint density at radius 1 is 0.595 bits per heavy atom. The van der Waals surface area contributed by atoms with Gasteiger partial charge in [0.2, 0.25) is 0 Å². The third-order valence-electron chi connectivity index (χ3n) is 7.99. The quantitative estimate of drug-likeness (QED) is 0.337. The summed E-state index contributed by atoms with van der Waals surface area (Å²) in [6.45, 7) is 26.3. The summed E-state index contributed by atoms with van der Waals surface area (Å²) >= 11 is 0. The maximum atomic E-state index is 11.3. The van der Waals surface area contributed by atoms with E-state index in [4.69, 9.17) is 9.98 Å². The molecule has 4 nitrogen and oxygen atoms in total. The molecular weight excluding hydrogens is 516 g/mol. The lowest BCUT2D eigenvalue weighted by molar-refractivity contribution is 0.389. The molecule has 2 atom stereocenters. The van der Waals surface area contributed by atoms with Gasteiger partial charge in [-0.05, 0) is 70.6 Å². The third kappa shape index (κ3) is 9.44. The normalized spacial score (nSPS) is 19.2. The maximum absolute atomic E-state index is 11.3. The minimum absolute atomic E-state index is 0.0424. The second kappa shape index (κ2) is 12.5. The molecule has 4 heteroatoms. The Labute approximate surface area is 256 Å². The summed E-state index contributed by atoms with van der Waals surface area (Å²) in [5.74, 6) is 0.658. The smallest absolute Gasteiger partial charge is 0.128 e. The molecule has 0 radical (unpaired) electrons. The van der Waals surface area contributed by atoms with Gasteiger partial charge in [0.25, 0.3) is 0 Å². The number of phenols is 2. The van der Waals surface area contributed by atoms with Crippen LogP contribution in [0.25, 0.3) is 0 Å². The monoisotopic (exact) mass is 574 g/mol. The Morgan fingerprint density at radius 2 is 0.929 bits per heavy atom. The number of aliphatic imine (C=N–C) groups is 2. The molecule has 3 rings (SSSR count). The van der Waals surface area contributed by atoms with E-state index in [0.29, 0.717) is 11.5 Å². The maximum Gasteiger partial charge on any atom is 0.128 e. The molecule has 1 fully saturated rings. The van der Waals surface area contributed by atoms with Crippen molar-refractivity contribution in [1.82, 2.24) is 0 Å². The molecule has 1 aliphatic rings. The Balaban J connectivity index is 1.97. The molecule has 2 unspecified atom stereocenters. The molecule has 0 bridgehead atoms. The summed E-state index contributed by atoms with van der Waals surface area (Å²) in [4.78, 5) is 10.1. The van der Waals surface area contributed by atoms with Gasteiger partial charge >= 0.3 is 0 Å². The fourth-order valence-electron chi connectivity index (χ4n) is 6.00. The van der Waals surface area contributed by atoms with E-state index in [0.717, 1.165) is 60.8 Å². The third-order valence-corrected chi connectivity index (χ3v) is 7.99. The van der Waals surface area contributed by atoms with Crippen LogP contribution in [0, 0.1) is 10.8 Å². The van der Waals surface area contributed by atoms with Crippen LogP contribution >= 0.6 is 0 Å². The second-order valence-electron chi connectivity index (χ2n) is 17.1. The molecule has 0 aromatic heterocycles. The fourth-order valence-corrected chi connectivity index (χ4v) is 6.00. The number of aromatic hydroxyl groups is 2. The van der Waals surface area contributed by atoms with Crippen LogP contribution in [0.4, 0.5) is 0 Å². The lowest BCUT2D eigenvalue weighted by atomic mass is 9.81. The van der Waals surface area contributed by atoms with E-state index in [-0.39, 0.29) is 33.7 Å². The van der Waals surface area contributed by atoms with E-state index < -0.39 is 0 Å². The van der Waals surface area contributed by atoms with E-state index in [2.05, 4.69) is 107 Å². The zero-order chi connectivity index (χ0) is 31.7. The second-order valence-corrected chi connectivity index (χ2v) is 17.1. The van der Waals surface area contributed by atoms with Crippen molar-refractivity contribution >= 4 is 12.4 Å².